The van der Waals surface area contributed by atoms with Crippen LogP contribution in [-0.2, 0) is 18.3 Å². The maximum Gasteiger partial charge on any atom is 0.255 e. The van der Waals surface area contributed by atoms with Crippen LogP contribution < -0.4 is 10.9 Å². The zero-order valence-electron chi connectivity index (χ0n) is 10.5. The Morgan fingerprint density at radius 2 is 2.12 bits per heavy atom. The highest BCUT2D eigenvalue weighted by Gasteiger charge is 2.07. The van der Waals surface area contributed by atoms with E-state index in [2.05, 4.69) is 5.32 Å². The smallest absolute Gasteiger partial charge is 0.255 e. The lowest BCUT2D eigenvalue weighted by Crippen LogP contribution is -2.29. The van der Waals surface area contributed by atoms with Crippen molar-refractivity contribution < 1.29 is 4.74 Å². The Bertz CT molecular complexity index is 410. The number of aromatic nitrogens is 1. The number of hydrogen-bond acceptors (Lipinski definition) is 3. The van der Waals surface area contributed by atoms with Crippen LogP contribution in [0.1, 0.15) is 16.8 Å². The monoisotopic (exact) mass is 224 g/mol. The second kappa shape index (κ2) is 5.82. The van der Waals surface area contributed by atoms with Crippen molar-refractivity contribution in [3.05, 3.63) is 33.2 Å². The molecule has 0 aliphatic heterocycles. The molecule has 0 saturated carbocycles. The molecule has 1 rings (SSSR count). The van der Waals surface area contributed by atoms with E-state index in [-0.39, 0.29) is 5.56 Å². The first-order valence-corrected chi connectivity index (χ1v) is 5.43. The van der Waals surface area contributed by atoms with Gasteiger partial charge in [-0.3, -0.25) is 4.79 Å². The predicted octanol–water partition coefficient (Wildman–Crippen LogP) is 0.738. The third-order valence-corrected chi connectivity index (χ3v) is 2.78. The molecule has 90 valence electrons. The summed E-state index contributed by atoms with van der Waals surface area (Å²) in [6, 6.07) is 2.04. The molecule has 16 heavy (non-hydrogen) atoms. The van der Waals surface area contributed by atoms with Crippen molar-refractivity contribution in [3.63, 3.8) is 0 Å². The van der Waals surface area contributed by atoms with E-state index in [9.17, 15) is 4.79 Å². The van der Waals surface area contributed by atoms with Gasteiger partial charge in [-0.1, -0.05) is 0 Å². The number of nitrogens with zero attached hydrogens (tertiary/aromatic N) is 1. The molecular weight excluding hydrogens is 204 g/mol. The van der Waals surface area contributed by atoms with Crippen molar-refractivity contribution in [3.8, 4) is 0 Å². The second-order valence-corrected chi connectivity index (χ2v) is 3.98. The van der Waals surface area contributed by atoms with Crippen LogP contribution in [0.25, 0.3) is 0 Å². The molecule has 1 N–H and O–H groups in total. The lowest BCUT2D eigenvalue weighted by Gasteiger charge is -2.11. The molecule has 0 atom stereocenters. The van der Waals surface area contributed by atoms with Crippen LogP contribution in [0.5, 0.6) is 0 Å². The van der Waals surface area contributed by atoms with E-state index >= 15 is 0 Å². The molecule has 4 nitrogen and oxygen atoms in total. The van der Waals surface area contributed by atoms with Crippen LogP contribution in [0.3, 0.4) is 0 Å². The average molecular weight is 224 g/mol. The van der Waals surface area contributed by atoms with E-state index in [4.69, 9.17) is 4.74 Å². The first kappa shape index (κ1) is 12.9. The van der Waals surface area contributed by atoms with Gasteiger partial charge in [-0.25, -0.2) is 0 Å². The minimum atomic E-state index is 0.0856. The van der Waals surface area contributed by atoms with Gasteiger partial charge in [0.05, 0.1) is 6.61 Å². The van der Waals surface area contributed by atoms with Crippen LogP contribution in [0, 0.1) is 13.8 Å². The maximum atomic E-state index is 12.0. The van der Waals surface area contributed by atoms with Gasteiger partial charge in [-0.15, -0.1) is 0 Å². The quantitative estimate of drug-likeness (QED) is 0.750. The minimum Gasteiger partial charge on any atom is -0.383 e. The zero-order valence-corrected chi connectivity index (χ0v) is 10.5. The first-order chi connectivity index (χ1) is 7.57. The molecule has 1 heterocycles. The molecule has 4 heteroatoms. The van der Waals surface area contributed by atoms with Crippen LogP contribution in [0.4, 0.5) is 0 Å². The summed E-state index contributed by atoms with van der Waals surface area (Å²) in [4.78, 5) is 12.0. The SMILES string of the molecule is COCCNCc1c(C)cc(C)n(C)c1=O. The van der Waals surface area contributed by atoms with Crippen molar-refractivity contribution in [1.29, 1.82) is 0 Å². The summed E-state index contributed by atoms with van der Waals surface area (Å²) in [6.45, 7) is 5.93. The molecule has 0 aliphatic rings. The number of ether oxygens (including phenoxy) is 1. The molecule has 0 spiro atoms. The maximum absolute atomic E-state index is 12.0. The Morgan fingerprint density at radius 3 is 2.75 bits per heavy atom. The van der Waals surface area contributed by atoms with Crippen molar-refractivity contribution >= 4 is 0 Å². The number of hydrogen-bond donors (Lipinski definition) is 1. The van der Waals surface area contributed by atoms with Crippen molar-refractivity contribution in [2.75, 3.05) is 20.3 Å². The number of nitrogens with one attached hydrogen (secondary N) is 1. The van der Waals surface area contributed by atoms with Gasteiger partial charge in [0.1, 0.15) is 0 Å². The van der Waals surface area contributed by atoms with Gasteiger partial charge in [0, 0.05) is 38.5 Å². The summed E-state index contributed by atoms with van der Waals surface area (Å²) >= 11 is 0. The van der Waals surface area contributed by atoms with E-state index in [1.54, 1.807) is 18.7 Å². The van der Waals surface area contributed by atoms with Gasteiger partial charge in [0.25, 0.3) is 5.56 Å². The van der Waals surface area contributed by atoms with Crippen molar-refractivity contribution in [1.82, 2.24) is 9.88 Å². The highest BCUT2D eigenvalue weighted by atomic mass is 16.5. The van der Waals surface area contributed by atoms with E-state index in [1.165, 1.54) is 0 Å². The predicted molar refractivity (Wildman–Crippen MR) is 64.7 cm³/mol. The minimum absolute atomic E-state index is 0.0856. The highest BCUT2D eigenvalue weighted by molar-refractivity contribution is 5.25. The molecule has 0 saturated heterocycles. The third-order valence-electron chi connectivity index (χ3n) is 2.78. The lowest BCUT2D eigenvalue weighted by molar-refractivity contribution is 0.199. The molecule has 1 aromatic heterocycles. The van der Waals surface area contributed by atoms with Crippen LogP contribution in [0.15, 0.2) is 10.9 Å². The summed E-state index contributed by atoms with van der Waals surface area (Å²) in [5, 5.41) is 3.19. The number of pyridine rings is 1. The topological polar surface area (TPSA) is 43.3 Å². The van der Waals surface area contributed by atoms with E-state index < -0.39 is 0 Å². The second-order valence-electron chi connectivity index (χ2n) is 3.98. The molecule has 0 fully saturated rings. The van der Waals surface area contributed by atoms with Crippen molar-refractivity contribution in [2.45, 2.75) is 20.4 Å². The van der Waals surface area contributed by atoms with Gasteiger partial charge in [0.2, 0.25) is 0 Å². The normalized spacial score (nSPS) is 10.8. The fourth-order valence-corrected chi connectivity index (χ4v) is 1.63. The highest BCUT2D eigenvalue weighted by Crippen LogP contribution is 2.04. The number of rotatable bonds is 5. The van der Waals surface area contributed by atoms with Gasteiger partial charge in [-0.05, 0) is 25.5 Å². The molecule has 1 aromatic rings. The van der Waals surface area contributed by atoms with E-state index in [0.717, 1.165) is 23.4 Å². The Morgan fingerprint density at radius 1 is 1.44 bits per heavy atom. The Kier molecular flexibility index (Phi) is 4.71. The van der Waals surface area contributed by atoms with Crippen LogP contribution in [-0.4, -0.2) is 24.8 Å². The summed E-state index contributed by atoms with van der Waals surface area (Å²) in [6.07, 6.45) is 0. The molecule has 0 aromatic carbocycles. The molecule has 0 radical (unpaired) electrons. The number of aryl methyl sites for hydroxylation is 2. The summed E-state index contributed by atoms with van der Waals surface area (Å²) in [5.41, 5.74) is 2.96. The van der Waals surface area contributed by atoms with E-state index in [1.807, 2.05) is 19.9 Å². The fraction of sp³-hybridized carbons (Fsp3) is 0.583. The van der Waals surface area contributed by atoms with E-state index in [0.29, 0.717) is 13.2 Å². The Labute approximate surface area is 96.2 Å². The molecular formula is C12H20N2O2. The van der Waals surface area contributed by atoms with Crippen LogP contribution in [0.2, 0.25) is 0 Å². The van der Waals surface area contributed by atoms with Gasteiger partial charge in [-0.2, -0.15) is 0 Å². The van der Waals surface area contributed by atoms with Gasteiger partial charge in [0.15, 0.2) is 0 Å². The summed E-state index contributed by atoms with van der Waals surface area (Å²) in [7, 11) is 3.47. The summed E-state index contributed by atoms with van der Waals surface area (Å²) in [5.74, 6) is 0. The standard InChI is InChI=1S/C12H20N2O2/c1-9-7-10(2)14(3)12(15)11(9)8-13-5-6-16-4/h7,13H,5-6,8H2,1-4H3. The molecule has 0 amide bonds. The number of methoxy groups -OCH3 is 1. The largest absolute Gasteiger partial charge is 0.383 e. The summed E-state index contributed by atoms with van der Waals surface area (Å²) < 4.78 is 6.62. The molecule has 0 unspecified atom stereocenters. The molecule has 0 bridgehead atoms. The average Bonchev–Trinajstić information content (AvgIpc) is 2.25. The molecule has 0 aliphatic carbocycles. The van der Waals surface area contributed by atoms with Crippen LogP contribution >= 0.6 is 0 Å². The zero-order chi connectivity index (χ0) is 12.1. The third kappa shape index (κ3) is 2.93. The first-order valence-electron chi connectivity index (χ1n) is 5.43. The van der Waals surface area contributed by atoms with Gasteiger partial charge >= 0.3 is 0 Å². The Hall–Kier alpha value is -1.13. The fourth-order valence-electron chi connectivity index (χ4n) is 1.63. The van der Waals surface area contributed by atoms with Gasteiger partial charge < -0.3 is 14.6 Å². The van der Waals surface area contributed by atoms with Crippen molar-refractivity contribution in [2.24, 2.45) is 7.05 Å². The lowest BCUT2D eigenvalue weighted by atomic mass is 10.1. The Balaban J connectivity index is 2.80.